The minimum atomic E-state index is -0.342. The van der Waals surface area contributed by atoms with E-state index in [0.717, 1.165) is 0 Å². The fourth-order valence-corrected chi connectivity index (χ4v) is 1.22. The van der Waals surface area contributed by atoms with Gasteiger partial charge in [-0.2, -0.15) is 0 Å². The number of ether oxygens (including phenoxy) is 1. The Hall–Kier alpha value is -1.62. The summed E-state index contributed by atoms with van der Waals surface area (Å²) in [4.78, 5) is 26.4. The van der Waals surface area contributed by atoms with Crippen LogP contribution in [0.3, 0.4) is 0 Å². The molecular weight excluding hydrogens is 244 g/mol. The maximum atomic E-state index is 11.5. The zero-order chi connectivity index (χ0) is 12.7. The molecule has 0 aliphatic rings. The van der Waals surface area contributed by atoms with E-state index in [0.29, 0.717) is 11.6 Å². The van der Waals surface area contributed by atoms with Gasteiger partial charge in [0.05, 0.1) is 18.1 Å². The number of hydrogen-bond acceptors (Lipinski definition) is 4. The first-order valence-corrected chi connectivity index (χ1v) is 5.56. The number of amides is 1. The van der Waals surface area contributed by atoms with Crippen LogP contribution in [-0.2, 0) is 9.53 Å². The molecule has 17 heavy (non-hydrogen) atoms. The molecule has 1 heterocycles. The summed E-state index contributed by atoms with van der Waals surface area (Å²) in [7, 11) is 0. The van der Waals surface area contributed by atoms with Crippen molar-refractivity contribution in [1.82, 2.24) is 10.3 Å². The van der Waals surface area contributed by atoms with Crippen molar-refractivity contribution in [2.45, 2.75) is 13.3 Å². The van der Waals surface area contributed by atoms with Crippen molar-refractivity contribution in [2.75, 3.05) is 13.2 Å². The topological polar surface area (TPSA) is 68.3 Å². The molecule has 0 atom stereocenters. The van der Waals surface area contributed by atoms with Gasteiger partial charge < -0.3 is 10.1 Å². The van der Waals surface area contributed by atoms with Crippen LogP contribution in [0.15, 0.2) is 18.3 Å². The third kappa shape index (κ3) is 4.82. The minimum absolute atomic E-state index is 0.146. The Kier molecular flexibility index (Phi) is 5.42. The molecule has 1 rings (SSSR count). The van der Waals surface area contributed by atoms with Gasteiger partial charge in [0.1, 0.15) is 5.69 Å². The average molecular weight is 257 g/mol. The van der Waals surface area contributed by atoms with Crippen LogP contribution in [0.1, 0.15) is 23.8 Å². The van der Waals surface area contributed by atoms with Gasteiger partial charge >= 0.3 is 5.97 Å². The van der Waals surface area contributed by atoms with E-state index in [9.17, 15) is 9.59 Å². The number of aromatic nitrogens is 1. The van der Waals surface area contributed by atoms with E-state index in [4.69, 9.17) is 16.3 Å². The van der Waals surface area contributed by atoms with Gasteiger partial charge in [0.2, 0.25) is 0 Å². The van der Waals surface area contributed by atoms with Gasteiger partial charge in [-0.1, -0.05) is 11.6 Å². The van der Waals surface area contributed by atoms with Crippen LogP contribution in [0, 0.1) is 0 Å². The molecule has 6 heteroatoms. The van der Waals surface area contributed by atoms with E-state index in [2.05, 4.69) is 10.3 Å². The summed E-state index contributed by atoms with van der Waals surface area (Å²) in [5, 5.41) is 3.03. The normalized spacial score (nSPS) is 9.76. The second-order valence-electron chi connectivity index (χ2n) is 3.17. The van der Waals surface area contributed by atoms with E-state index in [1.807, 2.05) is 0 Å². The first-order valence-electron chi connectivity index (χ1n) is 5.19. The summed E-state index contributed by atoms with van der Waals surface area (Å²) >= 11 is 5.64. The standard InChI is InChI=1S/C11H13ClN2O3/c1-2-17-10(15)5-6-13-11(16)9-4-3-8(12)7-14-9/h3-4,7H,2,5-6H2,1H3,(H,13,16). The molecule has 1 N–H and O–H groups in total. The Labute approximate surface area is 104 Å². The van der Waals surface area contributed by atoms with Crippen LogP contribution >= 0.6 is 11.6 Å². The van der Waals surface area contributed by atoms with Gasteiger partial charge in [0, 0.05) is 12.7 Å². The average Bonchev–Trinajstić information content (AvgIpc) is 2.30. The Balaban J connectivity index is 2.35. The highest BCUT2D eigenvalue weighted by Crippen LogP contribution is 2.05. The highest BCUT2D eigenvalue weighted by molar-refractivity contribution is 6.30. The summed E-state index contributed by atoms with van der Waals surface area (Å²) < 4.78 is 4.72. The molecule has 0 aliphatic heterocycles. The van der Waals surface area contributed by atoms with Gasteiger partial charge in [-0.25, -0.2) is 4.98 Å². The van der Waals surface area contributed by atoms with Crippen LogP contribution in [0.5, 0.6) is 0 Å². The molecule has 0 radical (unpaired) electrons. The number of esters is 1. The summed E-state index contributed by atoms with van der Waals surface area (Å²) in [6, 6.07) is 3.09. The second kappa shape index (κ2) is 6.85. The largest absolute Gasteiger partial charge is 0.466 e. The zero-order valence-corrected chi connectivity index (χ0v) is 10.2. The molecule has 0 spiro atoms. The summed E-state index contributed by atoms with van der Waals surface area (Å²) in [6.45, 7) is 2.29. The molecular formula is C11H13ClN2O3. The number of rotatable bonds is 5. The highest BCUT2D eigenvalue weighted by atomic mass is 35.5. The lowest BCUT2D eigenvalue weighted by Crippen LogP contribution is -2.27. The lowest BCUT2D eigenvalue weighted by molar-refractivity contribution is -0.142. The smallest absolute Gasteiger partial charge is 0.307 e. The minimum Gasteiger partial charge on any atom is -0.466 e. The quantitative estimate of drug-likeness (QED) is 0.809. The number of nitrogens with zero attached hydrogens (tertiary/aromatic N) is 1. The molecule has 0 saturated carbocycles. The maximum Gasteiger partial charge on any atom is 0.307 e. The van der Waals surface area contributed by atoms with Gasteiger partial charge in [-0.05, 0) is 19.1 Å². The number of hydrogen-bond donors (Lipinski definition) is 1. The van der Waals surface area contributed by atoms with Crippen molar-refractivity contribution < 1.29 is 14.3 Å². The van der Waals surface area contributed by atoms with Gasteiger partial charge in [-0.3, -0.25) is 9.59 Å². The van der Waals surface area contributed by atoms with Crippen molar-refractivity contribution in [3.8, 4) is 0 Å². The SMILES string of the molecule is CCOC(=O)CCNC(=O)c1ccc(Cl)cn1. The molecule has 0 aliphatic carbocycles. The predicted octanol–water partition coefficient (Wildman–Crippen LogP) is 1.42. The summed E-state index contributed by atoms with van der Waals surface area (Å²) in [6.07, 6.45) is 1.54. The number of halogens is 1. The lowest BCUT2D eigenvalue weighted by atomic mass is 10.3. The van der Waals surface area contributed by atoms with Crippen molar-refractivity contribution in [1.29, 1.82) is 0 Å². The van der Waals surface area contributed by atoms with Crippen LogP contribution in [0.2, 0.25) is 5.02 Å². The molecule has 1 aromatic heterocycles. The van der Waals surface area contributed by atoms with Crippen molar-refractivity contribution in [3.63, 3.8) is 0 Å². The number of carbonyl (C=O) groups is 2. The molecule has 0 saturated heterocycles. The monoisotopic (exact) mass is 256 g/mol. The molecule has 1 amide bonds. The third-order valence-corrected chi connectivity index (χ3v) is 2.10. The first kappa shape index (κ1) is 13.4. The number of carbonyl (C=O) groups excluding carboxylic acids is 2. The Bertz CT molecular complexity index is 392. The molecule has 0 aromatic carbocycles. The van der Waals surface area contributed by atoms with Crippen molar-refractivity contribution >= 4 is 23.5 Å². The van der Waals surface area contributed by atoms with Crippen LogP contribution in [0.25, 0.3) is 0 Å². The van der Waals surface area contributed by atoms with E-state index in [-0.39, 0.29) is 30.5 Å². The Morgan fingerprint density at radius 3 is 2.82 bits per heavy atom. The lowest BCUT2D eigenvalue weighted by Gasteiger charge is -2.04. The Morgan fingerprint density at radius 2 is 2.24 bits per heavy atom. The van der Waals surface area contributed by atoms with E-state index in [1.165, 1.54) is 12.3 Å². The number of nitrogens with one attached hydrogen (secondary N) is 1. The van der Waals surface area contributed by atoms with E-state index >= 15 is 0 Å². The second-order valence-corrected chi connectivity index (χ2v) is 3.61. The first-order chi connectivity index (χ1) is 8.13. The molecule has 5 nitrogen and oxygen atoms in total. The van der Waals surface area contributed by atoms with Crippen molar-refractivity contribution in [2.24, 2.45) is 0 Å². The van der Waals surface area contributed by atoms with Gasteiger partial charge in [0.25, 0.3) is 5.91 Å². The van der Waals surface area contributed by atoms with Crippen LogP contribution in [0.4, 0.5) is 0 Å². The summed E-state index contributed by atoms with van der Waals surface area (Å²) in [5.74, 6) is -0.678. The fraction of sp³-hybridized carbons (Fsp3) is 0.364. The molecule has 92 valence electrons. The van der Waals surface area contributed by atoms with Crippen LogP contribution in [-0.4, -0.2) is 30.0 Å². The third-order valence-electron chi connectivity index (χ3n) is 1.88. The maximum absolute atomic E-state index is 11.5. The number of pyridine rings is 1. The van der Waals surface area contributed by atoms with Crippen molar-refractivity contribution in [3.05, 3.63) is 29.0 Å². The van der Waals surface area contributed by atoms with Gasteiger partial charge in [-0.15, -0.1) is 0 Å². The molecule has 1 aromatic rings. The Morgan fingerprint density at radius 1 is 1.47 bits per heavy atom. The molecule has 0 bridgehead atoms. The summed E-state index contributed by atoms with van der Waals surface area (Å²) in [5.41, 5.74) is 0.262. The van der Waals surface area contributed by atoms with E-state index in [1.54, 1.807) is 13.0 Å². The molecule has 0 fully saturated rings. The van der Waals surface area contributed by atoms with Gasteiger partial charge in [0.15, 0.2) is 0 Å². The predicted molar refractivity (Wildman–Crippen MR) is 62.8 cm³/mol. The zero-order valence-electron chi connectivity index (χ0n) is 9.40. The fourth-order valence-electron chi connectivity index (χ4n) is 1.11. The van der Waals surface area contributed by atoms with Crippen LogP contribution < -0.4 is 5.32 Å². The highest BCUT2D eigenvalue weighted by Gasteiger charge is 2.07. The van der Waals surface area contributed by atoms with E-state index < -0.39 is 0 Å². The molecule has 0 unspecified atom stereocenters.